The van der Waals surface area contributed by atoms with Crippen molar-refractivity contribution in [3.8, 4) is 44.5 Å². The van der Waals surface area contributed by atoms with Gasteiger partial charge in [-0.25, -0.2) is 0 Å². The lowest BCUT2D eigenvalue weighted by molar-refractivity contribution is 1.26. The summed E-state index contributed by atoms with van der Waals surface area (Å²) in [5.41, 5.74) is 15.8. The summed E-state index contributed by atoms with van der Waals surface area (Å²) < 4.78 is 0. The van der Waals surface area contributed by atoms with Crippen LogP contribution in [0.5, 0.6) is 0 Å². The number of anilines is 3. The Morgan fingerprint density at radius 1 is 0.310 bits per heavy atom. The van der Waals surface area contributed by atoms with Gasteiger partial charge in [-0.15, -0.1) is 10.0 Å². The summed E-state index contributed by atoms with van der Waals surface area (Å²) in [6.07, 6.45) is 0. The van der Waals surface area contributed by atoms with Crippen LogP contribution in [0.4, 0.5) is 17.1 Å². The highest BCUT2D eigenvalue weighted by atomic mass is 32.3. The highest BCUT2D eigenvalue weighted by Gasteiger charge is 2.42. The second kappa shape index (κ2) is 14.9. The monoisotopic (exact) mass is 761 g/mol. The fourth-order valence-corrected chi connectivity index (χ4v) is 12.9. The van der Waals surface area contributed by atoms with Crippen molar-refractivity contribution in [1.29, 1.82) is 0 Å². The van der Waals surface area contributed by atoms with Crippen LogP contribution >= 0.6 is 10.0 Å². The van der Waals surface area contributed by atoms with Crippen molar-refractivity contribution in [2.75, 3.05) is 4.90 Å². The molecule has 9 aromatic carbocycles. The van der Waals surface area contributed by atoms with Gasteiger partial charge in [0.2, 0.25) is 0 Å². The number of benzene rings is 9. The molecule has 278 valence electrons. The molecule has 0 spiro atoms. The number of nitrogens with zero attached hydrogens (tertiary/aromatic N) is 1. The van der Waals surface area contributed by atoms with Crippen LogP contribution in [0.2, 0.25) is 0 Å². The zero-order valence-electron chi connectivity index (χ0n) is 32.7. The Kier molecular flexibility index (Phi) is 9.13. The van der Waals surface area contributed by atoms with E-state index in [1.165, 1.54) is 75.2 Å². The van der Waals surface area contributed by atoms with Crippen molar-refractivity contribution in [3.63, 3.8) is 0 Å². The Morgan fingerprint density at radius 2 is 0.741 bits per heavy atom. The molecule has 0 amide bonds. The number of rotatable bonds is 8. The first-order chi connectivity index (χ1) is 28.6. The second-order valence-corrected chi connectivity index (χ2v) is 18.1. The minimum Gasteiger partial charge on any atom is -0.310 e. The van der Waals surface area contributed by atoms with Crippen molar-refractivity contribution in [3.05, 3.63) is 236 Å². The Bertz CT molecular complexity index is 2820. The van der Waals surface area contributed by atoms with E-state index in [4.69, 9.17) is 0 Å². The maximum Gasteiger partial charge on any atom is 0.0540 e. The third-order valence-electron chi connectivity index (χ3n) is 11.5. The molecule has 0 N–H and O–H groups in total. The van der Waals surface area contributed by atoms with Crippen molar-refractivity contribution < 1.29 is 0 Å². The van der Waals surface area contributed by atoms with E-state index in [9.17, 15) is 0 Å². The molecule has 1 nitrogen and oxygen atoms in total. The summed E-state index contributed by atoms with van der Waals surface area (Å²) in [6.45, 7) is 4.36. The highest BCUT2D eigenvalue weighted by molar-refractivity contribution is 8.34. The van der Waals surface area contributed by atoms with E-state index >= 15 is 0 Å². The molecule has 58 heavy (non-hydrogen) atoms. The maximum absolute atomic E-state index is 2.40. The van der Waals surface area contributed by atoms with E-state index in [-0.39, 0.29) is 0 Å². The quantitative estimate of drug-likeness (QED) is 0.149. The minimum atomic E-state index is -1.76. The van der Waals surface area contributed by atoms with Gasteiger partial charge in [-0.1, -0.05) is 169 Å². The van der Waals surface area contributed by atoms with Crippen LogP contribution in [0, 0.1) is 13.8 Å². The first-order valence-corrected chi connectivity index (χ1v) is 21.6. The molecule has 0 radical (unpaired) electrons. The molecular formula is C56H43NS. The van der Waals surface area contributed by atoms with Gasteiger partial charge in [0.1, 0.15) is 0 Å². The van der Waals surface area contributed by atoms with Crippen LogP contribution in [0.25, 0.3) is 44.5 Å². The molecule has 0 bridgehead atoms. The van der Waals surface area contributed by atoms with Crippen LogP contribution in [0.15, 0.2) is 244 Å². The molecular weight excluding hydrogens is 719 g/mol. The summed E-state index contributed by atoms with van der Waals surface area (Å²) in [4.78, 5) is 7.94. The van der Waals surface area contributed by atoms with E-state index in [2.05, 4.69) is 243 Å². The second-order valence-electron chi connectivity index (χ2n) is 15.1. The van der Waals surface area contributed by atoms with Gasteiger partial charge in [0.05, 0.1) is 5.69 Å². The fourth-order valence-electron chi connectivity index (χ4n) is 8.67. The van der Waals surface area contributed by atoms with Gasteiger partial charge in [-0.05, 0) is 114 Å². The first-order valence-electron chi connectivity index (χ1n) is 20.0. The molecule has 0 saturated carbocycles. The summed E-state index contributed by atoms with van der Waals surface area (Å²) >= 11 is 0. The largest absolute Gasteiger partial charge is 0.310 e. The molecule has 0 atom stereocenters. The molecule has 9 aromatic rings. The lowest BCUT2D eigenvalue weighted by Gasteiger charge is -2.39. The molecule has 1 aliphatic rings. The van der Waals surface area contributed by atoms with E-state index in [1.807, 2.05) is 0 Å². The average molecular weight is 762 g/mol. The van der Waals surface area contributed by atoms with Crippen molar-refractivity contribution >= 4 is 27.1 Å². The van der Waals surface area contributed by atoms with Gasteiger partial charge >= 0.3 is 0 Å². The van der Waals surface area contributed by atoms with Gasteiger partial charge in [0.25, 0.3) is 0 Å². The van der Waals surface area contributed by atoms with Crippen LogP contribution < -0.4 is 4.90 Å². The van der Waals surface area contributed by atoms with Gasteiger partial charge in [-0.3, -0.25) is 0 Å². The summed E-state index contributed by atoms with van der Waals surface area (Å²) in [5.74, 6) is 0. The summed E-state index contributed by atoms with van der Waals surface area (Å²) in [5, 5.41) is 0. The predicted octanol–water partition coefficient (Wildman–Crippen LogP) is 16.1. The number of hydrogen-bond donors (Lipinski definition) is 0. The number of fused-ring (bicyclic) bond motifs is 3. The molecule has 2 heteroatoms. The smallest absolute Gasteiger partial charge is 0.0540 e. The normalized spacial score (nSPS) is 13.0. The third kappa shape index (κ3) is 6.05. The molecule has 0 unspecified atom stereocenters. The lowest BCUT2D eigenvalue weighted by Crippen LogP contribution is -2.11. The molecule has 0 aromatic heterocycles. The van der Waals surface area contributed by atoms with Crippen molar-refractivity contribution in [2.24, 2.45) is 0 Å². The third-order valence-corrected chi connectivity index (χ3v) is 15.5. The lowest BCUT2D eigenvalue weighted by atomic mass is 9.94. The van der Waals surface area contributed by atoms with Crippen molar-refractivity contribution in [1.82, 2.24) is 0 Å². The van der Waals surface area contributed by atoms with Gasteiger partial charge < -0.3 is 4.90 Å². The maximum atomic E-state index is 2.40. The van der Waals surface area contributed by atoms with Gasteiger partial charge in [0.15, 0.2) is 0 Å². The van der Waals surface area contributed by atoms with E-state index in [1.54, 1.807) is 0 Å². The number of para-hydroxylation sites is 1. The van der Waals surface area contributed by atoms with Gasteiger partial charge in [-0.2, -0.15) is 0 Å². The summed E-state index contributed by atoms with van der Waals surface area (Å²) in [7, 11) is -1.76. The topological polar surface area (TPSA) is 3.24 Å². The van der Waals surface area contributed by atoms with Crippen LogP contribution in [-0.2, 0) is 0 Å². The fraction of sp³-hybridized carbons (Fsp3) is 0.0357. The van der Waals surface area contributed by atoms with Gasteiger partial charge in [0, 0.05) is 42.1 Å². The minimum absolute atomic E-state index is 1.10. The van der Waals surface area contributed by atoms with Crippen LogP contribution in [0.1, 0.15) is 11.1 Å². The predicted molar refractivity (Wildman–Crippen MR) is 246 cm³/mol. The van der Waals surface area contributed by atoms with E-state index in [0.717, 1.165) is 17.1 Å². The SMILES string of the molecule is Cc1ccc(S2(c3ccc(C)cc3)c3ccccc3-c3c(-c4ccc(N(c5ccc(-c6ccccc6)cc5)c5ccccc5-c5ccccc5)cc4)cccc32)cc1. The van der Waals surface area contributed by atoms with Crippen molar-refractivity contribution in [2.45, 2.75) is 33.4 Å². The zero-order valence-corrected chi connectivity index (χ0v) is 33.5. The molecule has 0 saturated heterocycles. The molecule has 0 fully saturated rings. The number of aryl methyl sites for hydroxylation is 2. The zero-order chi connectivity index (χ0) is 39.1. The Labute approximate surface area is 343 Å². The van der Waals surface area contributed by atoms with E-state index in [0.29, 0.717) is 0 Å². The molecule has 1 aliphatic heterocycles. The standard InChI is InChI=1S/C56H43NS/c1-40-24-36-48(37-25-40)58(49-38-26-41(2)27-39-49)54-22-12-10-19-52(54)56-51(20-13-23-55(56)58)45-30-34-47(35-31-45)57(46-32-28-43(29-33-46)42-14-5-3-6-15-42)53-21-11-9-18-50(53)44-16-7-4-8-17-44/h3-39H,1-2H3. The number of hydrogen-bond acceptors (Lipinski definition) is 1. The molecule has 10 rings (SSSR count). The highest BCUT2D eigenvalue weighted by Crippen LogP contribution is 2.80. The molecule has 0 aliphatic carbocycles. The molecule has 1 heterocycles. The van der Waals surface area contributed by atoms with E-state index < -0.39 is 10.0 Å². The van der Waals surface area contributed by atoms with Crippen LogP contribution in [-0.4, -0.2) is 0 Å². The Balaban J connectivity index is 1.13. The average Bonchev–Trinajstić information content (AvgIpc) is 3.59. The first kappa shape index (κ1) is 35.5. The summed E-state index contributed by atoms with van der Waals surface area (Å²) in [6, 6.07) is 82.9. The van der Waals surface area contributed by atoms with Crippen LogP contribution in [0.3, 0.4) is 0 Å². The Morgan fingerprint density at radius 3 is 1.34 bits per heavy atom. The Hall–Kier alpha value is -6.87.